The van der Waals surface area contributed by atoms with Crippen LogP contribution in [-0.2, 0) is 19.8 Å². The van der Waals surface area contributed by atoms with Crippen LogP contribution in [0.1, 0.15) is 60.5 Å². The molecule has 0 amide bonds. The predicted molar refractivity (Wildman–Crippen MR) is 138 cm³/mol. The summed E-state index contributed by atoms with van der Waals surface area (Å²) in [6.07, 6.45) is 2.60. The van der Waals surface area contributed by atoms with Gasteiger partial charge in [0.05, 0.1) is 23.3 Å². The molecule has 1 saturated heterocycles. The maximum absolute atomic E-state index is 14.2. The maximum Gasteiger partial charge on any atom is 0.418 e. The SMILES string of the molecule is Cn1cnnc1[C@@H](c1cccc(-n2cc3c(C(F)(F)F)cc(CN4CCCC(F)(F)C4)cn3c2=O)c1)C1CCC1. The van der Waals surface area contributed by atoms with Gasteiger partial charge in [-0.05, 0) is 61.1 Å². The lowest BCUT2D eigenvalue weighted by Crippen LogP contribution is -2.42. The molecule has 12 heteroatoms. The summed E-state index contributed by atoms with van der Waals surface area (Å²) in [7, 11) is 1.87. The molecule has 1 aliphatic carbocycles. The van der Waals surface area contributed by atoms with Crippen molar-refractivity contribution in [1.29, 1.82) is 0 Å². The Balaban J connectivity index is 1.42. The van der Waals surface area contributed by atoms with E-state index in [0.29, 0.717) is 18.2 Å². The minimum atomic E-state index is -4.74. The van der Waals surface area contributed by atoms with Crippen LogP contribution < -0.4 is 5.69 Å². The molecule has 4 heterocycles. The molecule has 0 N–H and O–H groups in total. The zero-order valence-corrected chi connectivity index (χ0v) is 21.9. The number of rotatable bonds is 6. The molecule has 1 atom stereocenters. The van der Waals surface area contributed by atoms with Gasteiger partial charge >= 0.3 is 11.9 Å². The summed E-state index contributed by atoms with van der Waals surface area (Å²) in [5, 5.41) is 8.35. The number of benzene rings is 1. The van der Waals surface area contributed by atoms with Crippen LogP contribution in [0.2, 0.25) is 0 Å². The molecular formula is C28H29F5N6O. The summed E-state index contributed by atoms with van der Waals surface area (Å²) in [4.78, 5) is 15.0. The lowest BCUT2D eigenvalue weighted by Gasteiger charge is -2.33. The number of nitrogens with zero attached hydrogens (tertiary/aromatic N) is 6. The van der Waals surface area contributed by atoms with Crippen molar-refractivity contribution in [2.45, 2.75) is 56.7 Å². The summed E-state index contributed by atoms with van der Waals surface area (Å²) >= 11 is 0. The Labute approximate surface area is 226 Å². The summed E-state index contributed by atoms with van der Waals surface area (Å²) in [5.41, 5.74) is -0.446. The number of piperidine rings is 1. The van der Waals surface area contributed by atoms with Crippen molar-refractivity contribution >= 4 is 5.52 Å². The van der Waals surface area contributed by atoms with Crippen LogP contribution in [0.15, 0.2) is 53.8 Å². The lowest BCUT2D eigenvalue weighted by molar-refractivity contribution is -0.136. The first kappa shape index (κ1) is 26.7. The molecule has 1 saturated carbocycles. The van der Waals surface area contributed by atoms with Crippen molar-refractivity contribution in [2.75, 3.05) is 13.1 Å². The number of fused-ring (bicyclic) bond motifs is 1. The molecular weight excluding hydrogens is 531 g/mol. The van der Waals surface area contributed by atoms with Gasteiger partial charge in [-0.3, -0.25) is 13.9 Å². The number of aromatic nitrogens is 5. The lowest BCUT2D eigenvalue weighted by atomic mass is 9.72. The molecule has 7 nitrogen and oxygen atoms in total. The number of imidazole rings is 1. The van der Waals surface area contributed by atoms with E-state index in [4.69, 9.17) is 0 Å². The van der Waals surface area contributed by atoms with Crippen LogP contribution in [0.5, 0.6) is 0 Å². The zero-order valence-electron chi connectivity index (χ0n) is 21.9. The van der Waals surface area contributed by atoms with Crippen LogP contribution in [0.25, 0.3) is 11.2 Å². The first-order valence-electron chi connectivity index (χ1n) is 13.4. The standard InChI is InChI=1S/C28H29F5N6O/c1-36-17-34-35-25(36)24(19-5-2-6-19)20-7-3-8-21(12-20)38-15-23-22(28(31,32)33)11-18(14-39(23)26(38)40)13-37-10-4-9-27(29,30)16-37/h3,7-8,11-12,14-15,17,19,24H,2,4-6,9-10,13,16H2,1H3/t24-/m1/s1. The van der Waals surface area contributed by atoms with Gasteiger partial charge in [-0.15, -0.1) is 10.2 Å². The van der Waals surface area contributed by atoms with Gasteiger partial charge in [-0.2, -0.15) is 13.2 Å². The first-order valence-corrected chi connectivity index (χ1v) is 13.4. The third-order valence-electron chi connectivity index (χ3n) is 8.16. The normalized spacial score (nSPS) is 19.1. The van der Waals surface area contributed by atoms with Crippen molar-refractivity contribution < 1.29 is 22.0 Å². The Morgan fingerprint density at radius 1 is 1.12 bits per heavy atom. The van der Waals surface area contributed by atoms with Gasteiger partial charge in [0.15, 0.2) is 0 Å². The van der Waals surface area contributed by atoms with E-state index < -0.39 is 29.9 Å². The van der Waals surface area contributed by atoms with Crippen molar-refractivity contribution in [1.82, 2.24) is 28.6 Å². The van der Waals surface area contributed by atoms with Gasteiger partial charge in [-0.1, -0.05) is 18.6 Å². The Morgan fingerprint density at radius 3 is 2.58 bits per heavy atom. The van der Waals surface area contributed by atoms with Crippen LogP contribution in [-0.4, -0.2) is 47.6 Å². The molecule has 2 fully saturated rings. The summed E-state index contributed by atoms with van der Waals surface area (Å²) in [6.45, 7) is -0.281. The zero-order chi connectivity index (χ0) is 28.2. The van der Waals surface area contributed by atoms with E-state index in [0.717, 1.165) is 41.1 Å². The van der Waals surface area contributed by atoms with Crippen LogP contribution in [0, 0.1) is 5.92 Å². The average molecular weight is 561 g/mol. The van der Waals surface area contributed by atoms with Crippen molar-refractivity contribution in [3.8, 4) is 5.69 Å². The highest BCUT2D eigenvalue weighted by Crippen LogP contribution is 2.43. The number of pyridine rings is 1. The van der Waals surface area contributed by atoms with E-state index in [1.807, 2.05) is 23.7 Å². The van der Waals surface area contributed by atoms with E-state index >= 15 is 0 Å². The molecule has 1 aliphatic heterocycles. The largest absolute Gasteiger partial charge is 0.418 e. The Kier molecular flexibility index (Phi) is 6.55. The highest BCUT2D eigenvalue weighted by Gasteiger charge is 2.37. The van der Waals surface area contributed by atoms with Gasteiger partial charge in [0.1, 0.15) is 12.2 Å². The molecule has 212 valence electrons. The van der Waals surface area contributed by atoms with Crippen molar-refractivity contribution in [3.63, 3.8) is 0 Å². The molecule has 1 aromatic carbocycles. The van der Waals surface area contributed by atoms with E-state index in [9.17, 15) is 26.7 Å². The topological polar surface area (TPSA) is 60.4 Å². The second-order valence-electron chi connectivity index (χ2n) is 11.0. The molecule has 6 rings (SSSR count). The summed E-state index contributed by atoms with van der Waals surface area (Å²) < 4.78 is 74.4. The number of hydrogen-bond donors (Lipinski definition) is 0. The van der Waals surface area contributed by atoms with Crippen molar-refractivity contribution in [2.24, 2.45) is 13.0 Å². The van der Waals surface area contributed by atoms with E-state index in [1.165, 1.54) is 21.9 Å². The second-order valence-corrected chi connectivity index (χ2v) is 11.0. The minimum Gasteiger partial charge on any atom is -0.320 e. The molecule has 0 spiro atoms. The number of alkyl halides is 5. The van der Waals surface area contributed by atoms with Gasteiger partial charge in [-0.25, -0.2) is 13.6 Å². The first-order chi connectivity index (χ1) is 19.0. The number of aryl methyl sites for hydroxylation is 1. The van der Waals surface area contributed by atoms with Gasteiger partial charge < -0.3 is 4.57 Å². The fourth-order valence-corrected chi connectivity index (χ4v) is 6.03. The van der Waals surface area contributed by atoms with E-state index in [2.05, 4.69) is 10.2 Å². The van der Waals surface area contributed by atoms with Crippen LogP contribution >= 0.6 is 0 Å². The van der Waals surface area contributed by atoms with Gasteiger partial charge in [0.2, 0.25) is 0 Å². The van der Waals surface area contributed by atoms with E-state index in [1.54, 1.807) is 18.5 Å². The maximum atomic E-state index is 14.2. The van der Waals surface area contributed by atoms with Crippen LogP contribution in [0.3, 0.4) is 0 Å². The minimum absolute atomic E-state index is 0.0612. The number of hydrogen-bond acceptors (Lipinski definition) is 4. The fourth-order valence-electron chi connectivity index (χ4n) is 6.03. The Morgan fingerprint density at radius 2 is 1.93 bits per heavy atom. The second kappa shape index (κ2) is 9.83. The monoisotopic (exact) mass is 560 g/mol. The average Bonchev–Trinajstić information content (AvgIpc) is 3.42. The van der Waals surface area contributed by atoms with Crippen molar-refractivity contribution in [3.05, 3.63) is 82.1 Å². The summed E-state index contributed by atoms with van der Waals surface area (Å²) in [6, 6.07) is 8.19. The molecule has 2 aliphatic rings. The molecule has 0 unspecified atom stereocenters. The number of halogens is 5. The highest BCUT2D eigenvalue weighted by atomic mass is 19.4. The molecule has 0 radical (unpaired) electrons. The quantitative estimate of drug-likeness (QED) is 0.297. The predicted octanol–water partition coefficient (Wildman–Crippen LogP) is 5.40. The third-order valence-corrected chi connectivity index (χ3v) is 8.16. The fraction of sp³-hybridized carbons (Fsp3) is 0.464. The molecule has 40 heavy (non-hydrogen) atoms. The van der Waals surface area contributed by atoms with Crippen LogP contribution in [0.4, 0.5) is 22.0 Å². The number of likely N-dealkylation sites (tertiary alicyclic amines) is 1. The molecule has 0 bridgehead atoms. The molecule has 3 aromatic heterocycles. The smallest absolute Gasteiger partial charge is 0.320 e. The molecule has 4 aromatic rings. The third kappa shape index (κ3) is 4.93. The van der Waals surface area contributed by atoms with Gasteiger partial charge in [0.25, 0.3) is 5.92 Å². The Bertz CT molecular complexity index is 1600. The van der Waals surface area contributed by atoms with Gasteiger partial charge in [0, 0.05) is 38.3 Å². The Hall–Kier alpha value is -3.54. The van der Waals surface area contributed by atoms with E-state index in [-0.39, 0.29) is 36.4 Å². The summed E-state index contributed by atoms with van der Waals surface area (Å²) in [5.74, 6) is -1.80. The highest BCUT2D eigenvalue weighted by molar-refractivity contribution is 5.58.